The van der Waals surface area contributed by atoms with Crippen LogP contribution in [-0.2, 0) is 22.7 Å². The summed E-state index contributed by atoms with van der Waals surface area (Å²) in [6.07, 6.45) is 1.11. The number of aromatic nitrogens is 3. The van der Waals surface area contributed by atoms with Crippen LogP contribution in [0.2, 0.25) is 0 Å². The molecular weight excluding hydrogens is 252 g/mol. The minimum atomic E-state index is -0.730. The molecule has 1 aromatic carbocycles. The second-order valence-electron chi connectivity index (χ2n) is 3.65. The summed E-state index contributed by atoms with van der Waals surface area (Å²) in [5.41, 5.74) is 0.862. The van der Waals surface area contributed by atoms with Crippen LogP contribution in [0.5, 0.6) is 0 Å². The predicted octanol–water partition coefficient (Wildman–Crippen LogP) is 0.930. The van der Waals surface area contributed by atoms with Gasteiger partial charge in [0.05, 0.1) is 0 Å². The van der Waals surface area contributed by atoms with Crippen LogP contribution in [0.3, 0.4) is 0 Å². The van der Waals surface area contributed by atoms with E-state index in [0.29, 0.717) is 0 Å². The molecule has 0 aliphatic rings. The molecule has 0 saturated carbocycles. The minimum Gasteiger partial charge on any atom is -0.459 e. The van der Waals surface area contributed by atoms with Crippen molar-refractivity contribution in [1.29, 1.82) is 0 Å². The zero-order valence-electron chi connectivity index (χ0n) is 9.80. The molecule has 8 heteroatoms. The Hall–Kier alpha value is -2.77. The van der Waals surface area contributed by atoms with Crippen molar-refractivity contribution in [1.82, 2.24) is 14.8 Å². The quantitative estimate of drug-likeness (QED) is 0.451. The van der Waals surface area contributed by atoms with Crippen LogP contribution in [0, 0.1) is 10.1 Å². The first kappa shape index (κ1) is 12.7. The molecule has 0 spiro atoms. The van der Waals surface area contributed by atoms with Crippen LogP contribution in [0.4, 0.5) is 5.95 Å². The van der Waals surface area contributed by atoms with Gasteiger partial charge in [-0.1, -0.05) is 35.3 Å². The Kier molecular flexibility index (Phi) is 3.81. The largest absolute Gasteiger partial charge is 0.490 e. The van der Waals surface area contributed by atoms with Crippen molar-refractivity contribution in [3.05, 3.63) is 52.3 Å². The third kappa shape index (κ3) is 3.60. The number of benzene rings is 1. The highest BCUT2D eigenvalue weighted by Crippen LogP contribution is 2.03. The van der Waals surface area contributed by atoms with E-state index in [-0.39, 0.29) is 13.2 Å². The van der Waals surface area contributed by atoms with E-state index in [1.54, 1.807) is 0 Å². The third-order valence-electron chi connectivity index (χ3n) is 2.22. The molecule has 2 aromatic rings. The van der Waals surface area contributed by atoms with Gasteiger partial charge in [-0.3, -0.25) is 0 Å². The lowest BCUT2D eigenvalue weighted by molar-refractivity contribution is -0.394. The molecule has 0 saturated heterocycles. The fourth-order valence-electron chi connectivity index (χ4n) is 1.36. The van der Waals surface area contributed by atoms with Gasteiger partial charge in [-0.15, -0.1) is 0 Å². The Labute approximate surface area is 107 Å². The van der Waals surface area contributed by atoms with Gasteiger partial charge in [0, 0.05) is 5.10 Å². The molecule has 0 atom stereocenters. The van der Waals surface area contributed by atoms with Crippen molar-refractivity contribution in [2.24, 2.45) is 0 Å². The smallest absolute Gasteiger partial charge is 0.459 e. The maximum Gasteiger partial charge on any atom is 0.490 e. The molecular formula is C11H10N4O4. The fraction of sp³-hybridized carbons (Fsp3) is 0.182. The van der Waals surface area contributed by atoms with Gasteiger partial charge in [0.15, 0.2) is 6.54 Å². The van der Waals surface area contributed by atoms with E-state index in [1.165, 1.54) is 0 Å². The van der Waals surface area contributed by atoms with Crippen LogP contribution in [-0.4, -0.2) is 25.7 Å². The first-order chi connectivity index (χ1) is 9.15. The van der Waals surface area contributed by atoms with Gasteiger partial charge >= 0.3 is 11.9 Å². The monoisotopic (exact) mass is 262 g/mol. The van der Waals surface area contributed by atoms with Gasteiger partial charge in [-0.2, -0.15) is 4.68 Å². The van der Waals surface area contributed by atoms with Crippen molar-refractivity contribution in [3.8, 4) is 0 Å². The summed E-state index contributed by atoms with van der Waals surface area (Å²) in [7, 11) is 0. The minimum absolute atomic E-state index is 0.149. The average Bonchev–Trinajstić information content (AvgIpc) is 2.86. The highest BCUT2D eigenvalue weighted by molar-refractivity contribution is 5.69. The maximum absolute atomic E-state index is 11.5. The summed E-state index contributed by atoms with van der Waals surface area (Å²) in [5, 5.41) is 13.9. The lowest BCUT2D eigenvalue weighted by atomic mass is 10.2. The number of nitro groups is 1. The lowest BCUT2D eigenvalue weighted by Crippen LogP contribution is -2.14. The summed E-state index contributed by atoms with van der Waals surface area (Å²) >= 11 is 0. The van der Waals surface area contributed by atoms with Crippen molar-refractivity contribution in [2.45, 2.75) is 13.2 Å². The topological polar surface area (TPSA) is 100 Å². The molecule has 0 amide bonds. The van der Waals surface area contributed by atoms with E-state index < -0.39 is 16.8 Å². The van der Waals surface area contributed by atoms with E-state index in [2.05, 4.69) is 10.1 Å². The average molecular weight is 262 g/mol. The highest BCUT2D eigenvalue weighted by atomic mass is 16.6. The third-order valence-corrected chi connectivity index (χ3v) is 2.22. The highest BCUT2D eigenvalue weighted by Gasteiger charge is 2.15. The molecule has 0 N–H and O–H groups in total. The molecule has 0 aliphatic carbocycles. The Morgan fingerprint density at radius 2 is 2.11 bits per heavy atom. The molecule has 1 heterocycles. The molecule has 1 aromatic heterocycles. The van der Waals surface area contributed by atoms with E-state index in [4.69, 9.17) is 4.74 Å². The van der Waals surface area contributed by atoms with Gasteiger partial charge in [-0.25, -0.2) is 4.79 Å². The maximum atomic E-state index is 11.5. The number of rotatable bonds is 5. The number of hydrogen-bond donors (Lipinski definition) is 0. The second-order valence-corrected chi connectivity index (χ2v) is 3.65. The Morgan fingerprint density at radius 1 is 1.37 bits per heavy atom. The number of carbonyl (C=O) groups excluding carboxylic acids is 1. The number of esters is 1. The molecule has 0 fully saturated rings. The van der Waals surface area contributed by atoms with Gasteiger partial charge in [0.1, 0.15) is 6.61 Å². The van der Waals surface area contributed by atoms with Gasteiger partial charge in [-0.05, 0) is 10.5 Å². The predicted molar refractivity (Wildman–Crippen MR) is 62.9 cm³/mol. The summed E-state index contributed by atoms with van der Waals surface area (Å²) < 4.78 is 6.07. The fourth-order valence-corrected chi connectivity index (χ4v) is 1.36. The Morgan fingerprint density at radius 3 is 2.74 bits per heavy atom. The van der Waals surface area contributed by atoms with Gasteiger partial charge in [0.2, 0.25) is 6.33 Å². The van der Waals surface area contributed by atoms with Crippen LogP contribution < -0.4 is 0 Å². The van der Waals surface area contributed by atoms with E-state index in [0.717, 1.165) is 16.6 Å². The van der Waals surface area contributed by atoms with E-state index >= 15 is 0 Å². The first-order valence-corrected chi connectivity index (χ1v) is 5.38. The van der Waals surface area contributed by atoms with Gasteiger partial charge < -0.3 is 14.9 Å². The standard InChI is InChI=1S/C11H10N4O4/c16-10(19-7-9-4-2-1-3-5-9)6-14-8-12-11(13-14)15(17)18/h1-5,8H,6-7H2. The van der Waals surface area contributed by atoms with Crippen LogP contribution >= 0.6 is 0 Å². The molecule has 0 aliphatic heterocycles. The summed E-state index contributed by atoms with van der Waals surface area (Å²) in [6, 6.07) is 9.19. The summed E-state index contributed by atoms with van der Waals surface area (Å²) in [6.45, 7) is -0.0653. The normalized spacial score (nSPS) is 10.1. The molecule has 8 nitrogen and oxygen atoms in total. The zero-order valence-corrected chi connectivity index (χ0v) is 9.80. The van der Waals surface area contributed by atoms with Crippen molar-refractivity contribution in [2.75, 3.05) is 0 Å². The van der Waals surface area contributed by atoms with Crippen molar-refractivity contribution < 1.29 is 14.5 Å². The SMILES string of the molecule is O=C(Cn1cnc([N+](=O)[O-])n1)OCc1ccccc1. The summed E-state index contributed by atoms with van der Waals surface area (Å²) in [5.74, 6) is -1.08. The van der Waals surface area contributed by atoms with E-state index in [9.17, 15) is 14.9 Å². The molecule has 0 bridgehead atoms. The van der Waals surface area contributed by atoms with Crippen LogP contribution in [0.25, 0.3) is 0 Å². The molecule has 98 valence electrons. The first-order valence-electron chi connectivity index (χ1n) is 5.38. The number of nitrogens with zero attached hydrogens (tertiary/aromatic N) is 4. The van der Waals surface area contributed by atoms with Crippen LogP contribution in [0.1, 0.15) is 5.56 Å². The molecule has 19 heavy (non-hydrogen) atoms. The van der Waals surface area contributed by atoms with Crippen LogP contribution in [0.15, 0.2) is 36.7 Å². The van der Waals surface area contributed by atoms with Gasteiger partial charge in [0.25, 0.3) is 0 Å². The molecule has 0 unspecified atom stereocenters. The number of carbonyl (C=O) groups is 1. The Balaban J connectivity index is 1.85. The van der Waals surface area contributed by atoms with Crippen molar-refractivity contribution >= 4 is 11.9 Å². The number of ether oxygens (including phenoxy) is 1. The second kappa shape index (κ2) is 5.71. The molecule has 2 rings (SSSR count). The zero-order chi connectivity index (χ0) is 13.7. The lowest BCUT2D eigenvalue weighted by Gasteiger charge is -2.03. The van der Waals surface area contributed by atoms with Crippen molar-refractivity contribution in [3.63, 3.8) is 0 Å². The number of hydrogen-bond acceptors (Lipinski definition) is 6. The molecule has 0 radical (unpaired) electrons. The van der Waals surface area contributed by atoms with E-state index in [1.807, 2.05) is 30.3 Å². The Bertz CT molecular complexity index is 581. The summed E-state index contributed by atoms with van der Waals surface area (Å²) in [4.78, 5) is 24.5.